The lowest BCUT2D eigenvalue weighted by molar-refractivity contribution is 0.229. The van der Waals surface area contributed by atoms with Crippen LogP contribution in [0.5, 0.6) is 5.75 Å². The van der Waals surface area contributed by atoms with Crippen LogP contribution >= 0.6 is 0 Å². The molecule has 1 atom stereocenters. The van der Waals surface area contributed by atoms with E-state index < -0.39 is 5.82 Å². The highest BCUT2D eigenvalue weighted by Crippen LogP contribution is 2.37. The van der Waals surface area contributed by atoms with E-state index in [-0.39, 0.29) is 5.92 Å². The second-order valence-corrected chi connectivity index (χ2v) is 10.0. The molecule has 10 heteroatoms. The SMILES string of the molecule is CNc1nc(Nc2ccc(-n3ncnc3C)c(F)c2)nc2c1CN(Cc1ccc(OC)cc1)CC2c1ccccc1. The van der Waals surface area contributed by atoms with Crippen LogP contribution in [0.1, 0.15) is 34.1 Å². The molecule has 5 aromatic rings. The second kappa shape index (κ2) is 11.3. The Labute approximate surface area is 238 Å². The monoisotopic (exact) mass is 550 g/mol. The van der Waals surface area contributed by atoms with E-state index in [1.54, 1.807) is 26.2 Å². The van der Waals surface area contributed by atoms with Crippen LogP contribution < -0.4 is 15.4 Å². The largest absolute Gasteiger partial charge is 0.497 e. The number of ether oxygens (including phenoxy) is 1. The summed E-state index contributed by atoms with van der Waals surface area (Å²) in [7, 11) is 3.54. The summed E-state index contributed by atoms with van der Waals surface area (Å²) in [6.07, 6.45) is 1.41. The number of hydrogen-bond acceptors (Lipinski definition) is 8. The Bertz CT molecular complexity index is 1660. The Morgan fingerprint density at radius 3 is 2.51 bits per heavy atom. The van der Waals surface area contributed by atoms with Gasteiger partial charge in [-0.05, 0) is 48.4 Å². The average Bonchev–Trinajstić information content (AvgIpc) is 3.42. The number of aryl methyl sites for hydroxylation is 1. The van der Waals surface area contributed by atoms with E-state index in [4.69, 9.17) is 14.7 Å². The predicted molar refractivity (Wildman–Crippen MR) is 156 cm³/mol. The molecule has 3 heterocycles. The number of rotatable bonds is 8. The highest BCUT2D eigenvalue weighted by Gasteiger charge is 2.31. The summed E-state index contributed by atoms with van der Waals surface area (Å²) in [6.45, 7) is 4.05. The van der Waals surface area contributed by atoms with Crippen molar-refractivity contribution in [3.05, 3.63) is 113 Å². The molecule has 1 unspecified atom stereocenters. The van der Waals surface area contributed by atoms with Crippen molar-refractivity contribution in [1.82, 2.24) is 29.6 Å². The smallest absolute Gasteiger partial charge is 0.229 e. The topological polar surface area (TPSA) is 93.0 Å². The third kappa shape index (κ3) is 5.46. The molecule has 0 bridgehead atoms. The van der Waals surface area contributed by atoms with E-state index in [9.17, 15) is 0 Å². The number of halogens is 1. The van der Waals surface area contributed by atoms with Gasteiger partial charge in [-0.2, -0.15) is 10.1 Å². The third-order valence-corrected chi connectivity index (χ3v) is 7.35. The van der Waals surface area contributed by atoms with Crippen molar-refractivity contribution in [2.24, 2.45) is 0 Å². The molecule has 0 amide bonds. The zero-order chi connectivity index (χ0) is 28.3. The fourth-order valence-electron chi connectivity index (χ4n) is 5.32. The fourth-order valence-corrected chi connectivity index (χ4v) is 5.32. The highest BCUT2D eigenvalue weighted by molar-refractivity contribution is 5.60. The summed E-state index contributed by atoms with van der Waals surface area (Å²) in [5, 5.41) is 10.6. The van der Waals surface area contributed by atoms with Gasteiger partial charge in [0.05, 0.1) is 12.8 Å². The average molecular weight is 551 g/mol. The number of fused-ring (bicyclic) bond motifs is 1. The van der Waals surface area contributed by atoms with Gasteiger partial charge in [-0.15, -0.1) is 0 Å². The van der Waals surface area contributed by atoms with Crippen LogP contribution in [0.2, 0.25) is 0 Å². The first-order chi connectivity index (χ1) is 20.0. The number of methoxy groups -OCH3 is 1. The van der Waals surface area contributed by atoms with Crippen molar-refractivity contribution in [3.63, 3.8) is 0 Å². The maximum absolute atomic E-state index is 15.1. The lowest BCUT2D eigenvalue weighted by Crippen LogP contribution is -2.35. The minimum Gasteiger partial charge on any atom is -0.497 e. The van der Waals surface area contributed by atoms with Crippen molar-refractivity contribution < 1.29 is 9.13 Å². The molecule has 0 radical (unpaired) electrons. The molecule has 0 spiro atoms. The van der Waals surface area contributed by atoms with Gasteiger partial charge >= 0.3 is 0 Å². The lowest BCUT2D eigenvalue weighted by Gasteiger charge is -2.35. The van der Waals surface area contributed by atoms with E-state index in [0.29, 0.717) is 29.7 Å². The van der Waals surface area contributed by atoms with Crippen LogP contribution in [0.4, 0.5) is 21.8 Å². The second-order valence-electron chi connectivity index (χ2n) is 10.0. The van der Waals surface area contributed by atoms with Crippen LogP contribution in [0, 0.1) is 12.7 Å². The van der Waals surface area contributed by atoms with E-state index in [1.165, 1.54) is 28.2 Å². The number of hydrogen-bond donors (Lipinski definition) is 2. The molecule has 0 saturated heterocycles. The molecule has 0 fully saturated rings. The molecule has 2 N–H and O–H groups in total. The van der Waals surface area contributed by atoms with E-state index >= 15 is 4.39 Å². The zero-order valence-corrected chi connectivity index (χ0v) is 23.2. The molecule has 0 saturated carbocycles. The molecule has 41 heavy (non-hydrogen) atoms. The molecular weight excluding hydrogens is 519 g/mol. The van der Waals surface area contributed by atoms with Gasteiger partial charge in [0.15, 0.2) is 5.82 Å². The van der Waals surface area contributed by atoms with Crippen molar-refractivity contribution in [1.29, 1.82) is 0 Å². The number of aromatic nitrogens is 5. The van der Waals surface area contributed by atoms with E-state index in [0.717, 1.165) is 35.9 Å². The van der Waals surface area contributed by atoms with E-state index in [1.807, 2.05) is 25.2 Å². The molecule has 2 aromatic heterocycles. The normalized spacial score (nSPS) is 14.9. The maximum Gasteiger partial charge on any atom is 0.229 e. The minimum absolute atomic E-state index is 0.0308. The molecule has 3 aromatic carbocycles. The number of nitrogens with one attached hydrogen (secondary N) is 2. The Kier molecular flexibility index (Phi) is 7.30. The van der Waals surface area contributed by atoms with Gasteiger partial charge in [0.2, 0.25) is 5.95 Å². The van der Waals surface area contributed by atoms with Gasteiger partial charge in [-0.3, -0.25) is 4.90 Å². The first kappa shape index (κ1) is 26.4. The van der Waals surface area contributed by atoms with Crippen LogP contribution in [-0.4, -0.2) is 50.3 Å². The van der Waals surface area contributed by atoms with Gasteiger partial charge in [0.1, 0.15) is 29.4 Å². The summed E-state index contributed by atoms with van der Waals surface area (Å²) in [4.78, 5) is 16.3. The lowest BCUT2D eigenvalue weighted by atomic mass is 9.88. The fraction of sp³-hybridized carbons (Fsp3) is 0.226. The number of benzene rings is 3. The first-order valence-corrected chi connectivity index (χ1v) is 13.4. The number of nitrogens with zero attached hydrogens (tertiary/aromatic N) is 6. The Balaban J connectivity index is 1.33. The van der Waals surface area contributed by atoms with Crippen molar-refractivity contribution in [3.8, 4) is 11.4 Å². The minimum atomic E-state index is -0.424. The molecular formula is C31H31FN8O. The zero-order valence-electron chi connectivity index (χ0n) is 23.2. The van der Waals surface area contributed by atoms with Crippen LogP contribution in [0.25, 0.3) is 5.69 Å². The van der Waals surface area contributed by atoms with E-state index in [2.05, 4.69) is 62.0 Å². The Morgan fingerprint density at radius 1 is 1.02 bits per heavy atom. The van der Waals surface area contributed by atoms with Gasteiger partial charge in [-0.1, -0.05) is 42.5 Å². The maximum atomic E-state index is 15.1. The van der Waals surface area contributed by atoms with Crippen LogP contribution in [0.3, 0.4) is 0 Å². The van der Waals surface area contributed by atoms with Gasteiger partial charge in [0.25, 0.3) is 0 Å². The summed E-state index contributed by atoms with van der Waals surface area (Å²) in [5.74, 6) is 2.20. The Hall–Kier alpha value is -4.83. The van der Waals surface area contributed by atoms with Crippen molar-refractivity contribution in [2.45, 2.75) is 25.9 Å². The van der Waals surface area contributed by atoms with Gasteiger partial charge < -0.3 is 15.4 Å². The van der Waals surface area contributed by atoms with Crippen molar-refractivity contribution in [2.75, 3.05) is 31.3 Å². The molecule has 9 nitrogen and oxygen atoms in total. The number of anilines is 3. The first-order valence-electron chi connectivity index (χ1n) is 13.4. The quantitative estimate of drug-likeness (QED) is 0.264. The van der Waals surface area contributed by atoms with Gasteiger partial charge in [0, 0.05) is 43.9 Å². The summed E-state index contributed by atoms with van der Waals surface area (Å²) < 4.78 is 21.9. The predicted octanol–water partition coefficient (Wildman–Crippen LogP) is 5.45. The van der Waals surface area contributed by atoms with Crippen LogP contribution in [-0.2, 0) is 13.1 Å². The van der Waals surface area contributed by atoms with Crippen molar-refractivity contribution >= 4 is 17.5 Å². The van der Waals surface area contributed by atoms with Crippen LogP contribution in [0.15, 0.2) is 79.1 Å². The Morgan fingerprint density at radius 2 is 1.83 bits per heavy atom. The third-order valence-electron chi connectivity index (χ3n) is 7.35. The molecule has 0 aliphatic carbocycles. The van der Waals surface area contributed by atoms with Gasteiger partial charge in [-0.25, -0.2) is 19.0 Å². The molecule has 1 aliphatic rings. The summed E-state index contributed by atoms with van der Waals surface area (Å²) in [5.41, 5.74) is 5.26. The highest BCUT2D eigenvalue weighted by atomic mass is 19.1. The molecule has 208 valence electrons. The summed E-state index contributed by atoms with van der Waals surface area (Å²) >= 11 is 0. The standard InChI is InChI=1S/C31H31FN8O/c1-20-34-19-35-40(20)28-14-11-23(15-27(28)32)36-31-37-29-25(22-7-5-4-6-8-22)17-39(18-26(29)30(33-2)38-31)16-21-9-12-24(41-3)13-10-21/h4-15,19,25H,16-18H2,1-3H3,(H2,33,36,37,38). The molecule has 6 rings (SSSR count). The molecule has 1 aliphatic heterocycles. The summed E-state index contributed by atoms with van der Waals surface area (Å²) in [6, 6.07) is 23.5.